The minimum atomic E-state index is -4.03. The monoisotopic (exact) mass is 335 g/mol. The van der Waals surface area contributed by atoms with E-state index in [1.54, 1.807) is 6.92 Å². The zero-order valence-corrected chi connectivity index (χ0v) is 13.1. The number of rotatable bonds is 3. The van der Waals surface area contributed by atoms with Gasteiger partial charge >= 0.3 is 5.97 Å². The molecule has 0 saturated carbocycles. The molecule has 0 aliphatic carbocycles. The van der Waals surface area contributed by atoms with E-state index in [1.165, 1.54) is 30.3 Å². The number of anilines is 1. The van der Waals surface area contributed by atoms with Crippen LogP contribution in [0.15, 0.2) is 41.3 Å². The molecular formula is C16H14FNO4S. The fourth-order valence-electron chi connectivity index (χ4n) is 2.68. The summed E-state index contributed by atoms with van der Waals surface area (Å²) in [6.45, 7) is 1.85. The van der Waals surface area contributed by atoms with Gasteiger partial charge < -0.3 is 5.11 Å². The van der Waals surface area contributed by atoms with Crippen LogP contribution in [0.2, 0.25) is 0 Å². The van der Waals surface area contributed by atoms with Gasteiger partial charge in [-0.2, -0.15) is 0 Å². The average molecular weight is 335 g/mol. The molecule has 0 bridgehead atoms. The van der Waals surface area contributed by atoms with Crippen molar-refractivity contribution < 1.29 is 22.7 Å². The lowest BCUT2D eigenvalue weighted by Gasteiger charge is -2.20. The fraction of sp³-hybridized carbons (Fsp3) is 0.188. The minimum Gasteiger partial charge on any atom is -0.478 e. The van der Waals surface area contributed by atoms with E-state index in [9.17, 15) is 17.6 Å². The van der Waals surface area contributed by atoms with E-state index >= 15 is 0 Å². The van der Waals surface area contributed by atoms with Crippen molar-refractivity contribution in [1.29, 1.82) is 0 Å². The molecule has 5 nitrogen and oxygen atoms in total. The van der Waals surface area contributed by atoms with Gasteiger partial charge in [-0.3, -0.25) is 4.31 Å². The Bertz CT molecular complexity index is 908. The molecular weight excluding hydrogens is 321 g/mol. The predicted octanol–water partition coefficient (Wildman–Crippen LogP) is 2.58. The van der Waals surface area contributed by atoms with E-state index in [1.807, 2.05) is 0 Å². The number of hydrogen-bond acceptors (Lipinski definition) is 3. The first-order valence-corrected chi connectivity index (χ1v) is 8.40. The Morgan fingerprint density at radius 3 is 2.65 bits per heavy atom. The van der Waals surface area contributed by atoms with Gasteiger partial charge in [-0.15, -0.1) is 0 Å². The number of halogens is 1. The number of carbonyl (C=O) groups is 1. The van der Waals surface area contributed by atoms with Gasteiger partial charge in [-0.1, -0.05) is 6.07 Å². The third-order valence-corrected chi connectivity index (χ3v) is 5.66. The quantitative estimate of drug-likeness (QED) is 0.935. The number of carboxylic acids is 1. The van der Waals surface area contributed by atoms with Gasteiger partial charge in [0.25, 0.3) is 10.0 Å². The normalized spacial score (nSPS) is 13.9. The van der Waals surface area contributed by atoms with Gasteiger partial charge in [-0.25, -0.2) is 17.6 Å². The summed E-state index contributed by atoms with van der Waals surface area (Å²) in [5.41, 5.74) is 1.77. The van der Waals surface area contributed by atoms with Gasteiger partial charge in [0.1, 0.15) is 10.7 Å². The zero-order valence-electron chi connectivity index (χ0n) is 12.3. The third-order valence-electron chi connectivity index (χ3n) is 3.83. The number of fused-ring (bicyclic) bond motifs is 1. The first-order chi connectivity index (χ1) is 10.8. The van der Waals surface area contributed by atoms with Crippen LogP contribution < -0.4 is 4.31 Å². The predicted molar refractivity (Wildman–Crippen MR) is 82.8 cm³/mol. The standard InChI is InChI=1S/C16H14FNO4S/c1-10-2-4-13(17)15(8-10)23(21,22)18-7-6-11-9-12(16(19)20)3-5-14(11)18/h2-5,8-9H,6-7H2,1H3,(H,19,20). The molecule has 3 rings (SSSR count). The Balaban J connectivity index is 2.08. The number of aromatic carboxylic acids is 1. The van der Waals surface area contributed by atoms with Crippen molar-refractivity contribution in [3.63, 3.8) is 0 Å². The van der Waals surface area contributed by atoms with Crippen LogP contribution >= 0.6 is 0 Å². The first-order valence-electron chi connectivity index (χ1n) is 6.96. The molecule has 23 heavy (non-hydrogen) atoms. The zero-order chi connectivity index (χ0) is 16.8. The van der Waals surface area contributed by atoms with E-state index in [0.29, 0.717) is 23.2 Å². The van der Waals surface area contributed by atoms with Crippen molar-refractivity contribution in [2.75, 3.05) is 10.8 Å². The van der Waals surface area contributed by atoms with Crippen molar-refractivity contribution in [2.45, 2.75) is 18.2 Å². The smallest absolute Gasteiger partial charge is 0.335 e. The molecule has 0 aromatic heterocycles. The van der Waals surface area contributed by atoms with Crippen molar-refractivity contribution >= 4 is 21.7 Å². The highest BCUT2D eigenvalue weighted by atomic mass is 32.2. The molecule has 2 aromatic carbocycles. The van der Waals surface area contributed by atoms with Gasteiger partial charge in [0.2, 0.25) is 0 Å². The molecule has 0 fully saturated rings. The molecule has 1 heterocycles. The topological polar surface area (TPSA) is 74.7 Å². The Labute approximate surface area is 133 Å². The van der Waals surface area contributed by atoms with Crippen LogP contribution in [0.5, 0.6) is 0 Å². The van der Waals surface area contributed by atoms with Crippen molar-refractivity contribution in [3.05, 3.63) is 58.9 Å². The highest BCUT2D eigenvalue weighted by Gasteiger charge is 2.33. The summed E-state index contributed by atoms with van der Waals surface area (Å²) < 4.78 is 40.6. The first kappa shape index (κ1) is 15.5. The molecule has 1 aliphatic rings. The van der Waals surface area contributed by atoms with Crippen LogP contribution in [0.25, 0.3) is 0 Å². The molecule has 0 saturated heterocycles. The summed E-state index contributed by atoms with van der Waals surface area (Å²) in [6, 6.07) is 8.20. The maximum atomic E-state index is 14.0. The van der Waals surface area contributed by atoms with Crippen LogP contribution in [-0.4, -0.2) is 26.0 Å². The minimum absolute atomic E-state index is 0.102. The summed E-state index contributed by atoms with van der Waals surface area (Å²) in [5.74, 6) is -1.87. The number of carboxylic acid groups (broad SMARTS) is 1. The number of nitrogens with zero attached hydrogens (tertiary/aromatic N) is 1. The van der Waals surface area contributed by atoms with Crippen LogP contribution in [0.3, 0.4) is 0 Å². The lowest BCUT2D eigenvalue weighted by molar-refractivity contribution is 0.0697. The molecule has 120 valence electrons. The Kier molecular flexibility index (Phi) is 3.60. The maximum absolute atomic E-state index is 14.0. The van der Waals surface area contributed by atoms with Crippen molar-refractivity contribution in [2.24, 2.45) is 0 Å². The molecule has 0 amide bonds. The molecule has 2 aromatic rings. The third kappa shape index (κ3) is 2.57. The van der Waals surface area contributed by atoms with Crippen molar-refractivity contribution in [1.82, 2.24) is 0 Å². The van der Waals surface area contributed by atoms with E-state index in [2.05, 4.69) is 0 Å². The Morgan fingerprint density at radius 2 is 1.96 bits per heavy atom. The average Bonchev–Trinajstić information content (AvgIpc) is 2.93. The van der Waals surface area contributed by atoms with Crippen LogP contribution in [0.1, 0.15) is 21.5 Å². The Morgan fingerprint density at radius 1 is 1.22 bits per heavy atom. The van der Waals surface area contributed by atoms with Gasteiger partial charge in [0.05, 0.1) is 11.3 Å². The van der Waals surface area contributed by atoms with Crippen LogP contribution in [0, 0.1) is 12.7 Å². The van der Waals surface area contributed by atoms with Crippen LogP contribution in [-0.2, 0) is 16.4 Å². The summed E-state index contributed by atoms with van der Waals surface area (Å²) in [7, 11) is -4.03. The summed E-state index contributed by atoms with van der Waals surface area (Å²) in [6.07, 6.45) is 0.392. The van der Waals surface area contributed by atoms with E-state index in [4.69, 9.17) is 5.11 Å². The highest BCUT2D eigenvalue weighted by Crippen LogP contribution is 2.34. The second kappa shape index (κ2) is 5.34. The summed E-state index contributed by atoms with van der Waals surface area (Å²) in [4.78, 5) is 10.6. The molecule has 0 unspecified atom stereocenters. The highest BCUT2D eigenvalue weighted by molar-refractivity contribution is 7.92. The lowest BCUT2D eigenvalue weighted by Crippen LogP contribution is -2.29. The second-order valence-electron chi connectivity index (χ2n) is 5.41. The molecule has 0 spiro atoms. The number of benzene rings is 2. The molecule has 7 heteroatoms. The second-order valence-corrected chi connectivity index (χ2v) is 7.24. The molecule has 0 radical (unpaired) electrons. The Hall–Kier alpha value is -2.41. The van der Waals surface area contributed by atoms with E-state index in [0.717, 1.165) is 10.4 Å². The molecule has 1 N–H and O–H groups in total. The van der Waals surface area contributed by atoms with Gasteiger partial charge in [-0.05, 0) is 54.8 Å². The van der Waals surface area contributed by atoms with E-state index < -0.39 is 21.8 Å². The number of aryl methyl sites for hydroxylation is 1. The summed E-state index contributed by atoms with van der Waals surface area (Å²) >= 11 is 0. The van der Waals surface area contributed by atoms with Gasteiger partial charge in [0, 0.05) is 6.54 Å². The molecule has 0 atom stereocenters. The SMILES string of the molecule is Cc1ccc(F)c(S(=O)(=O)N2CCc3cc(C(=O)O)ccc32)c1. The number of sulfonamides is 1. The number of hydrogen-bond donors (Lipinski definition) is 1. The fourth-order valence-corrected chi connectivity index (χ4v) is 4.34. The van der Waals surface area contributed by atoms with Crippen LogP contribution in [0.4, 0.5) is 10.1 Å². The van der Waals surface area contributed by atoms with Crippen molar-refractivity contribution in [3.8, 4) is 0 Å². The summed E-state index contributed by atoms with van der Waals surface area (Å²) in [5, 5.41) is 9.01. The van der Waals surface area contributed by atoms with E-state index in [-0.39, 0.29) is 17.0 Å². The molecule has 1 aliphatic heterocycles. The maximum Gasteiger partial charge on any atom is 0.335 e. The largest absolute Gasteiger partial charge is 0.478 e. The van der Waals surface area contributed by atoms with Gasteiger partial charge in [0.15, 0.2) is 0 Å². The lowest BCUT2D eigenvalue weighted by atomic mass is 10.1.